The van der Waals surface area contributed by atoms with E-state index in [1.54, 1.807) is 18.2 Å². The summed E-state index contributed by atoms with van der Waals surface area (Å²) in [6, 6.07) is 9.58. The Morgan fingerprint density at radius 1 is 1.22 bits per heavy atom. The Hall–Kier alpha value is -2.47. The third-order valence-electron chi connectivity index (χ3n) is 3.38. The fourth-order valence-corrected chi connectivity index (χ4v) is 2.17. The van der Waals surface area contributed by atoms with Crippen LogP contribution in [0.15, 0.2) is 42.5 Å². The quantitative estimate of drug-likeness (QED) is 0.809. The van der Waals surface area contributed by atoms with Crippen molar-refractivity contribution in [1.82, 2.24) is 5.32 Å². The lowest BCUT2D eigenvalue weighted by Gasteiger charge is -2.24. The van der Waals surface area contributed by atoms with Gasteiger partial charge in [0.2, 0.25) is 0 Å². The largest absolute Gasteiger partial charge is 0.383 e. The van der Waals surface area contributed by atoms with Crippen molar-refractivity contribution in [2.24, 2.45) is 0 Å². The van der Waals surface area contributed by atoms with Crippen molar-refractivity contribution in [2.45, 2.75) is 19.4 Å². The first-order valence-corrected chi connectivity index (χ1v) is 7.07. The predicted octanol–water partition coefficient (Wildman–Crippen LogP) is 3.30. The zero-order valence-electron chi connectivity index (χ0n) is 12.9. The third kappa shape index (κ3) is 4.50. The fraction of sp³-hybridized carbons (Fsp3) is 0.235. The SMILES string of the molecule is Cc1cccc(NC(=O)NCC(C)(O)c2ccc(F)cc2F)c1. The minimum atomic E-state index is -1.66. The second kappa shape index (κ2) is 6.75. The maximum Gasteiger partial charge on any atom is 0.319 e. The molecule has 0 aliphatic rings. The van der Waals surface area contributed by atoms with Gasteiger partial charge in [0.25, 0.3) is 0 Å². The number of urea groups is 1. The number of rotatable bonds is 4. The van der Waals surface area contributed by atoms with Crippen molar-refractivity contribution in [3.63, 3.8) is 0 Å². The van der Waals surface area contributed by atoms with Gasteiger partial charge >= 0.3 is 6.03 Å². The summed E-state index contributed by atoms with van der Waals surface area (Å²) < 4.78 is 26.7. The normalized spacial score (nSPS) is 13.3. The molecule has 1 atom stereocenters. The molecule has 0 fully saturated rings. The summed E-state index contributed by atoms with van der Waals surface area (Å²) >= 11 is 0. The van der Waals surface area contributed by atoms with Crippen LogP contribution in [-0.2, 0) is 5.60 Å². The Morgan fingerprint density at radius 3 is 2.61 bits per heavy atom. The molecule has 0 spiro atoms. The first-order chi connectivity index (χ1) is 10.8. The van der Waals surface area contributed by atoms with Crippen LogP contribution in [0, 0.1) is 18.6 Å². The molecule has 2 aromatic rings. The summed E-state index contributed by atoms with van der Waals surface area (Å²) in [5.41, 5.74) is -0.158. The molecule has 2 aromatic carbocycles. The molecular formula is C17H18F2N2O2. The summed E-state index contributed by atoms with van der Waals surface area (Å²) in [7, 11) is 0. The van der Waals surface area contributed by atoms with Crippen LogP contribution >= 0.6 is 0 Å². The number of benzene rings is 2. The number of carbonyl (C=O) groups excluding carboxylic acids is 1. The van der Waals surface area contributed by atoms with E-state index in [1.165, 1.54) is 6.92 Å². The summed E-state index contributed by atoms with van der Waals surface area (Å²) in [6.45, 7) is 3.01. The van der Waals surface area contributed by atoms with Gasteiger partial charge in [0.05, 0.1) is 6.54 Å². The standard InChI is InChI=1S/C17H18F2N2O2/c1-11-4-3-5-13(8-11)21-16(22)20-10-17(2,23)14-7-6-12(18)9-15(14)19/h3-9,23H,10H2,1-2H3,(H2,20,21,22). The minimum absolute atomic E-state index is 0.0882. The van der Waals surface area contributed by atoms with Crippen molar-refractivity contribution in [2.75, 3.05) is 11.9 Å². The van der Waals surface area contributed by atoms with E-state index in [0.717, 1.165) is 17.7 Å². The fourth-order valence-electron chi connectivity index (χ4n) is 2.17. The monoisotopic (exact) mass is 320 g/mol. The van der Waals surface area contributed by atoms with E-state index in [-0.39, 0.29) is 12.1 Å². The second-order valence-corrected chi connectivity index (χ2v) is 5.58. The van der Waals surface area contributed by atoms with E-state index in [0.29, 0.717) is 11.8 Å². The zero-order chi connectivity index (χ0) is 17.0. The molecule has 0 bridgehead atoms. The van der Waals surface area contributed by atoms with Crippen LogP contribution < -0.4 is 10.6 Å². The van der Waals surface area contributed by atoms with Gasteiger partial charge < -0.3 is 15.7 Å². The van der Waals surface area contributed by atoms with Crippen LogP contribution in [0.3, 0.4) is 0 Å². The maximum atomic E-state index is 13.7. The summed E-state index contributed by atoms with van der Waals surface area (Å²) in [5, 5.41) is 15.4. The highest BCUT2D eigenvalue weighted by molar-refractivity contribution is 5.89. The Bertz CT molecular complexity index is 717. The molecule has 0 aliphatic heterocycles. The van der Waals surface area contributed by atoms with Crippen LogP contribution in [0.2, 0.25) is 0 Å². The van der Waals surface area contributed by atoms with Crippen LogP contribution in [0.1, 0.15) is 18.1 Å². The van der Waals surface area contributed by atoms with Crippen molar-refractivity contribution in [1.29, 1.82) is 0 Å². The molecule has 0 saturated carbocycles. The Balaban J connectivity index is 1.99. The lowest BCUT2D eigenvalue weighted by Crippen LogP contribution is -2.41. The van der Waals surface area contributed by atoms with Crippen LogP contribution in [0.4, 0.5) is 19.3 Å². The number of hydrogen-bond donors (Lipinski definition) is 3. The van der Waals surface area contributed by atoms with E-state index in [1.807, 2.05) is 13.0 Å². The van der Waals surface area contributed by atoms with Crippen LogP contribution in [-0.4, -0.2) is 17.7 Å². The van der Waals surface area contributed by atoms with E-state index in [4.69, 9.17) is 0 Å². The Kier molecular flexibility index (Phi) is 4.95. The van der Waals surface area contributed by atoms with Gasteiger partial charge in [-0.2, -0.15) is 0 Å². The van der Waals surface area contributed by atoms with Gasteiger partial charge in [-0.15, -0.1) is 0 Å². The molecule has 6 heteroatoms. The molecule has 122 valence electrons. The third-order valence-corrected chi connectivity index (χ3v) is 3.38. The number of nitrogens with one attached hydrogen (secondary N) is 2. The van der Waals surface area contributed by atoms with E-state index in [9.17, 15) is 18.7 Å². The summed E-state index contributed by atoms with van der Waals surface area (Å²) in [5.74, 6) is -1.59. The molecule has 0 heterocycles. The number of carbonyl (C=O) groups is 1. The molecule has 0 radical (unpaired) electrons. The lowest BCUT2D eigenvalue weighted by atomic mass is 9.95. The predicted molar refractivity (Wildman–Crippen MR) is 84.1 cm³/mol. The number of halogens is 2. The Labute approximate surface area is 133 Å². The van der Waals surface area contributed by atoms with E-state index in [2.05, 4.69) is 10.6 Å². The van der Waals surface area contributed by atoms with E-state index < -0.39 is 23.3 Å². The van der Waals surface area contributed by atoms with Crippen LogP contribution in [0.25, 0.3) is 0 Å². The zero-order valence-corrected chi connectivity index (χ0v) is 12.9. The first-order valence-electron chi connectivity index (χ1n) is 7.07. The molecular weight excluding hydrogens is 302 g/mol. The number of anilines is 1. The number of aryl methyl sites for hydroxylation is 1. The van der Waals surface area contributed by atoms with Gasteiger partial charge in [0.1, 0.15) is 17.2 Å². The van der Waals surface area contributed by atoms with Gasteiger partial charge in [-0.05, 0) is 37.6 Å². The molecule has 1 unspecified atom stereocenters. The maximum absolute atomic E-state index is 13.7. The lowest BCUT2D eigenvalue weighted by molar-refractivity contribution is 0.0561. The highest BCUT2D eigenvalue weighted by atomic mass is 19.1. The minimum Gasteiger partial charge on any atom is -0.383 e. The highest BCUT2D eigenvalue weighted by Gasteiger charge is 2.27. The van der Waals surface area contributed by atoms with Gasteiger partial charge in [-0.1, -0.05) is 18.2 Å². The molecule has 3 N–H and O–H groups in total. The van der Waals surface area contributed by atoms with Gasteiger partial charge in [-0.3, -0.25) is 0 Å². The number of aliphatic hydroxyl groups is 1. The smallest absolute Gasteiger partial charge is 0.319 e. The molecule has 0 saturated heterocycles. The van der Waals surface area contributed by atoms with Gasteiger partial charge in [0.15, 0.2) is 0 Å². The highest BCUT2D eigenvalue weighted by Crippen LogP contribution is 2.23. The molecule has 23 heavy (non-hydrogen) atoms. The second-order valence-electron chi connectivity index (χ2n) is 5.58. The van der Waals surface area contributed by atoms with Gasteiger partial charge in [0, 0.05) is 17.3 Å². The van der Waals surface area contributed by atoms with Crippen molar-refractivity contribution >= 4 is 11.7 Å². The first kappa shape index (κ1) is 16.9. The Morgan fingerprint density at radius 2 is 1.96 bits per heavy atom. The molecule has 4 nitrogen and oxygen atoms in total. The van der Waals surface area contributed by atoms with Crippen molar-refractivity contribution < 1.29 is 18.7 Å². The molecule has 0 aliphatic carbocycles. The number of amides is 2. The molecule has 2 amide bonds. The topological polar surface area (TPSA) is 61.4 Å². The van der Waals surface area contributed by atoms with Crippen molar-refractivity contribution in [3.05, 3.63) is 65.2 Å². The molecule has 2 rings (SSSR count). The average Bonchev–Trinajstić information content (AvgIpc) is 2.45. The summed E-state index contributed by atoms with van der Waals surface area (Å²) in [4.78, 5) is 11.9. The summed E-state index contributed by atoms with van der Waals surface area (Å²) in [6.07, 6.45) is 0. The molecule has 0 aromatic heterocycles. The van der Waals surface area contributed by atoms with E-state index >= 15 is 0 Å². The van der Waals surface area contributed by atoms with Crippen molar-refractivity contribution in [3.8, 4) is 0 Å². The average molecular weight is 320 g/mol. The number of hydrogen-bond acceptors (Lipinski definition) is 2. The van der Waals surface area contributed by atoms with Gasteiger partial charge in [-0.25, -0.2) is 13.6 Å². The van der Waals surface area contributed by atoms with Crippen LogP contribution in [0.5, 0.6) is 0 Å².